The van der Waals surface area contributed by atoms with E-state index in [4.69, 9.17) is 18.6 Å². The number of hydrogen-bond acceptors (Lipinski definition) is 10. The van der Waals surface area contributed by atoms with Crippen molar-refractivity contribution >= 4 is 51.3 Å². The maximum absolute atomic E-state index is 13.1. The quantitative estimate of drug-likeness (QED) is 0.215. The Morgan fingerprint density at radius 1 is 0.949 bits per heavy atom. The molecular weight excluding hydrogens is 524 g/mol. The number of carbonyl (C=O) groups is 4. The Kier molecular flexibility index (Phi) is 8.40. The molecule has 1 atom stereocenters. The zero-order valence-corrected chi connectivity index (χ0v) is 22.5. The van der Waals surface area contributed by atoms with Gasteiger partial charge in [-0.3, -0.25) is 4.79 Å². The fourth-order valence-corrected chi connectivity index (χ4v) is 4.86. The molecule has 11 heteroatoms. The number of nitrogens with one attached hydrogen (secondary N) is 1. The Hall–Kier alpha value is -4.51. The molecule has 2 aromatic carbocycles. The monoisotopic (exact) mass is 550 g/mol. The van der Waals surface area contributed by atoms with Crippen molar-refractivity contribution in [2.45, 2.75) is 33.8 Å². The summed E-state index contributed by atoms with van der Waals surface area (Å²) in [4.78, 5) is 55.7. The highest BCUT2D eigenvalue weighted by Gasteiger charge is 2.29. The Morgan fingerprint density at radius 3 is 2.33 bits per heavy atom. The van der Waals surface area contributed by atoms with Gasteiger partial charge in [-0.15, -0.1) is 11.3 Å². The summed E-state index contributed by atoms with van der Waals surface area (Å²) in [5, 5.41) is 2.68. The van der Waals surface area contributed by atoms with Crippen molar-refractivity contribution in [3.05, 3.63) is 70.1 Å². The van der Waals surface area contributed by atoms with Crippen LogP contribution in [0.3, 0.4) is 0 Å². The fourth-order valence-electron chi connectivity index (χ4n) is 3.77. The van der Waals surface area contributed by atoms with Crippen molar-refractivity contribution in [3.63, 3.8) is 0 Å². The highest BCUT2D eigenvalue weighted by molar-refractivity contribution is 7.18. The van der Waals surface area contributed by atoms with Gasteiger partial charge in [0.15, 0.2) is 11.7 Å². The first-order valence-electron chi connectivity index (χ1n) is 12.2. The van der Waals surface area contributed by atoms with Crippen LogP contribution >= 0.6 is 11.3 Å². The van der Waals surface area contributed by atoms with Gasteiger partial charge in [-0.25, -0.2) is 19.4 Å². The molecule has 0 saturated heterocycles. The number of anilines is 1. The van der Waals surface area contributed by atoms with E-state index in [9.17, 15) is 19.2 Å². The fraction of sp³-hybridized carbons (Fsp3) is 0.250. The number of oxazole rings is 1. The molecule has 2 heterocycles. The third-order valence-corrected chi connectivity index (χ3v) is 6.84. The van der Waals surface area contributed by atoms with Crippen LogP contribution < -0.4 is 5.32 Å². The summed E-state index contributed by atoms with van der Waals surface area (Å²) in [7, 11) is 0. The summed E-state index contributed by atoms with van der Waals surface area (Å²) in [6.45, 7) is 6.51. The lowest BCUT2D eigenvalue weighted by Gasteiger charge is -2.14. The summed E-state index contributed by atoms with van der Waals surface area (Å²) in [5.41, 5.74) is 2.13. The molecule has 1 unspecified atom stereocenters. The first kappa shape index (κ1) is 27.5. The molecule has 39 heavy (non-hydrogen) atoms. The predicted octanol–water partition coefficient (Wildman–Crippen LogP) is 5.40. The number of nitrogens with zero attached hydrogens (tertiary/aromatic N) is 1. The van der Waals surface area contributed by atoms with Gasteiger partial charge in [-0.2, -0.15) is 0 Å². The van der Waals surface area contributed by atoms with Crippen LogP contribution in [0.1, 0.15) is 56.7 Å². The number of carbonyl (C=O) groups excluding carboxylic acids is 4. The summed E-state index contributed by atoms with van der Waals surface area (Å²) in [6.07, 6.45) is -1.25. The first-order valence-corrected chi connectivity index (χ1v) is 13.0. The number of hydrogen-bond donors (Lipinski definition) is 1. The molecule has 0 radical (unpaired) electrons. The molecule has 0 spiro atoms. The lowest BCUT2D eigenvalue weighted by atomic mass is 10.1. The molecule has 202 valence electrons. The van der Waals surface area contributed by atoms with Gasteiger partial charge in [-0.05, 0) is 57.5 Å². The average Bonchev–Trinajstić information content (AvgIpc) is 3.49. The second-order valence-corrected chi connectivity index (χ2v) is 9.29. The molecule has 0 aliphatic carbocycles. The van der Waals surface area contributed by atoms with E-state index in [-0.39, 0.29) is 40.1 Å². The number of aromatic nitrogens is 1. The number of fused-ring (bicyclic) bond motifs is 1. The van der Waals surface area contributed by atoms with Gasteiger partial charge < -0.3 is 23.9 Å². The van der Waals surface area contributed by atoms with E-state index >= 15 is 0 Å². The van der Waals surface area contributed by atoms with Crippen molar-refractivity contribution in [2.75, 3.05) is 18.5 Å². The summed E-state index contributed by atoms with van der Waals surface area (Å²) < 4.78 is 21.4. The third-order valence-electron chi connectivity index (χ3n) is 5.65. The molecule has 0 fully saturated rings. The number of esters is 3. The van der Waals surface area contributed by atoms with Crippen molar-refractivity contribution in [2.24, 2.45) is 0 Å². The molecule has 0 aliphatic rings. The zero-order valence-electron chi connectivity index (χ0n) is 21.7. The molecule has 4 aromatic rings. The number of para-hydroxylation sites is 2. The minimum absolute atomic E-state index is 0.0399. The van der Waals surface area contributed by atoms with Crippen LogP contribution in [0.15, 0.2) is 52.9 Å². The van der Waals surface area contributed by atoms with Crippen LogP contribution in [0, 0.1) is 6.92 Å². The van der Waals surface area contributed by atoms with Crippen LogP contribution in [-0.2, 0) is 19.0 Å². The van der Waals surface area contributed by atoms with E-state index in [0.29, 0.717) is 22.2 Å². The molecule has 2 aromatic heterocycles. The van der Waals surface area contributed by atoms with Crippen LogP contribution in [0.4, 0.5) is 5.00 Å². The second-order valence-electron chi connectivity index (χ2n) is 8.27. The largest absolute Gasteiger partial charge is 0.462 e. The van der Waals surface area contributed by atoms with Crippen LogP contribution in [-0.4, -0.2) is 48.1 Å². The molecule has 0 bridgehead atoms. The number of thiophene rings is 1. The van der Waals surface area contributed by atoms with Crippen LogP contribution in [0.25, 0.3) is 22.6 Å². The van der Waals surface area contributed by atoms with Crippen LogP contribution in [0.5, 0.6) is 0 Å². The molecular formula is C28H26N2O8S. The summed E-state index contributed by atoms with van der Waals surface area (Å²) >= 11 is 0.883. The highest BCUT2D eigenvalue weighted by atomic mass is 32.1. The lowest BCUT2D eigenvalue weighted by Crippen LogP contribution is -2.30. The SMILES string of the molecule is CCOC(=O)c1sc(NC(=O)C(C)OC(=O)c2ccccc2-c2nc3ccccc3o2)c(C(=O)OCC)c1C. The maximum Gasteiger partial charge on any atom is 0.348 e. The van der Waals surface area contributed by atoms with Gasteiger partial charge in [-0.1, -0.05) is 24.3 Å². The normalized spacial score (nSPS) is 11.6. The van der Waals surface area contributed by atoms with Gasteiger partial charge in [0.25, 0.3) is 5.91 Å². The highest BCUT2D eigenvalue weighted by Crippen LogP contribution is 2.35. The van der Waals surface area contributed by atoms with E-state index in [1.165, 1.54) is 6.92 Å². The molecule has 0 aliphatic heterocycles. The molecule has 10 nitrogen and oxygen atoms in total. The van der Waals surface area contributed by atoms with E-state index in [2.05, 4.69) is 10.3 Å². The van der Waals surface area contributed by atoms with Gasteiger partial charge in [0.1, 0.15) is 15.4 Å². The summed E-state index contributed by atoms with van der Waals surface area (Å²) in [5.74, 6) is -2.56. The summed E-state index contributed by atoms with van der Waals surface area (Å²) in [6, 6.07) is 13.8. The van der Waals surface area contributed by atoms with Crippen molar-refractivity contribution in [1.82, 2.24) is 4.98 Å². The van der Waals surface area contributed by atoms with Crippen LogP contribution in [0.2, 0.25) is 0 Å². The molecule has 1 N–H and O–H groups in total. The minimum atomic E-state index is -1.25. The minimum Gasteiger partial charge on any atom is -0.462 e. The van der Waals surface area contributed by atoms with Crippen molar-refractivity contribution < 1.29 is 37.8 Å². The molecule has 4 rings (SSSR count). The zero-order chi connectivity index (χ0) is 28.1. The Morgan fingerprint density at radius 2 is 1.62 bits per heavy atom. The van der Waals surface area contributed by atoms with E-state index in [1.807, 2.05) is 12.1 Å². The maximum atomic E-state index is 13.1. The van der Waals surface area contributed by atoms with Crippen molar-refractivity contribution in [3.8, 4) is 11.5 Å². The van der Waals surface area contributed by atoms with Gasteiger partial charge >= 0.3 is 17.9 Å². The second kappa shape index (κ2) is 11.9. The average molecular weight is 551 g/mol. The Bertz CT molecular complexity index is 1520. The van der Waals surface area contributed by atoms with Gasteiger partial charge in [0.05, 0.1) is 29.9 Å². The number of amides is 1. The first-order chi connectivity index (χ1) is 18.7. The predicted molar refractivity (Wildman–Crippen MR) is 144 cm³/mol. The van der Waals surface area contributed by atoms with E-state index in [0.717, 1.165) is 11.3 Å². The van der Waals surface area contributed by atoms with E-state index < -0.39 is 29.9 Å². The molecule has 0 saturated carbocycles. The van der Waals surface area contributed by atoms with Gasteiger partial charge in [0, 0.05) is 0 Å². The Balaban J connectivity index is 1.55. The smallest absolute Gasteiger partial charge is 0.348 e. The van der Waals surface area contributed by atoms with Gasteiger partial charge in [0.2, 0.25) is 5.89 Å². The van der Waals surface area contributed by atoms with E-state index in [1.54, 1.807) is 57.2 Å². The topological polar surface area (TPSA) is 134 Å². The number of benzene rings is 2. The standard InChI is InChI=1S/C28H26N2O8S/c1-5-35-27(33)21-15(3)22(28(34)36-6-2)39-25(21)30-23(31)16(4)37-26(32)18-12-8-7-11-17(18)24-29-19-13-9-10-14-20(19)38-24/h7-14,16H,5-6H2,1-4H3,(H,30,31). The third kappa shape index (κ3) is 5.83. The Labute approximate surface area is 227 Å². The lowest BCUT2D eigenvalue weighted by molar-refractivity contribution is -0.123. The van der Waals surface area contributed by atoms with Crippen molar-refractivity contribution in [1.29, 1.82) is 0 Å². The number of rotatable bonds is 9. The number of ether oxygens (including phenoxy) is 3. The molecule has 1 amide bonds.